The molecule has 2 bridgehead atoms. The molecule has 2 fully saturated rings. The Bertz CT molecular complexity index is 1590. The Kier molecular flexibility index (Phi) is 5.01. The maximum Gasteiger partial charge on any atom is 0.148 e. The van der Waals surface area contributed by atoms with E-state index in [1.807, 2.05) is 43.5 Å². The van der Waals surface area contributed by atoms with E-state index in [0.29, 0.717) is 40.2 Å². The zero-order chi connectivity index (χ0) is 24.4. The zero-order valence-corrected chi connectivity index (χ0v) is 20.9. The van der Waals surface area contributed by atoms with E-state index in [-0.39, 0.29) is 0 Å². The topological polar surface area (TPSA) is 84.8 Å². The number of hydrogen-bond acceptors (Lipinski definition) is 6. The number of nitrogens with zero attached hydrogens (tertiary/aromatic N) is 6. The summed E-state index contributed by atoms with van der Waals surface area (Å²) in [7, 11) is 2.26. The van der Waals surface area contributed by atoms with E-state index in [0.717, 1.165) is 46.5 Å². The molecular weight excluding hydrogens is 474 g/mol. The van der Waals surface area contributed by atoms with Gasteiger partial charge in [0, 0.05) is 29.9 Å². The molecule has 0 spiro atoms. The Morgan fingerprint density at radius 3 is 2.64 bits per heavy atom. The van der Waals surface area contributed by atoms with E-state index >= 15 is 0 Å². The average Bonchev–Trinajstić information content (AvgIpc) is 3.55. The van der Waals surface area contributed by atoms with Gasteiger partial charge in [-0.15, -0.1) is 0 Å². The van der Waals surface area contributed by atoms with Gasteiger partial charge in [-0.05, 0) is 63.9 Å². The first kappa shape index (κ1) is 21.8. The smallest absolute Gasteiger partial charge is 0.148 e. The molecule has 36 heavy (non-hydrogen) atoms. The molecule has 182 valence electrons. The highest BCUT2D eigenvalue weighted by molar-refractivity contribution is 6.36. The summed E-state index contributed by atoms with van der Waals surface area (Å²) in [4.78, 5) is 19.7. The number of piperidine rings is 1. The van der Waals surface area contributed by atoms with Gasteiger partial charge in [0.25, 0.3) is 0 Å². The molecule has 0 aliphatic carbocycles. The molecule has 0 saturated carbocycles. The van der Waals surface area contributed by atoms with Crippen molar-refractivity contribution in [1.82, 2.24) is 34.6 Å². The number of hydrogen-bond donors (Lipinski definition) is 1. The molecular formula is C27H26ClN7O. The van der Waals surface area contributed by atoms with E-state index in [9.17, 15) is 0 Å². The van der Waals surface area contributed by atoms with Gasteiger partial charge in [0.05, 0.1) is 40.7 Å². The van der Waals surface area contributed by atoms with Crippen molar-refractivity contribution in [3.05, 3.63) is 59.8 Å². The first-order chi connectivity index (χ1) is 17.5. The minimum absolute atomic E-state index is 0.431. The van der Waals surface area contributed by atoms with E-state index in [1.165, 1.54) is 12.8 Å². The van der Waals surface area contributed by atoms with Crippen LogP contribution < -0.4 is 4.74 Å². The van der Waals surface area contributed by atoms with Crippen molar-refractivity contribution in [2.75, 3.05) is 7.05 Å². The third-order valence-electron chi connectivity index (χ3n) is 7.76. The van der Waals surface area contributed by atoms with Gasteiger partial charge in [0.1, 0.15) is 27.9 Å². The van der Waals surface area contributed by atoms with Crippen LogP contribution in [0.25, 0.3) is 33.3 Å². The second kappa shape index (κ2) is 8.28. The minimum atomic E-state index is 0.431. The first-order valence-electron chi connectivity index (χ1n) is 12.4. The molecule has 8 nitrogen and oxygen atoms in total. The van der Waals surface area contributed by atoms with Crippen molar-refractivity contribution in [1.29, 1.82) is 0 Å². The number of aryl methyl sites for hydroxylation is 1. The molecule has 3 aromatic heterocycles. The van der Waals surface area contributed by atoms with Crippen molar-refractivity contribution in [3.8, 4) is 22.8 Å². The Morgan fingerprint density at radius 2 is 1.81 bits per heavy atom. The number of aromatic amines is 1. The van der Waals surface area contributed by atoms with Gasteiger partial charge < -0.3 is 14.6 Å². The number of nitrogens with one attached hydrogen (secondary N) is 1. The molecule has 5 aromatic rings. The number of halogens is 1. The summed E-state index contributed by atoms with van der Waals surface area (Å²) in [5.74, 6) is 2.06. The average molecular weight is 500 g/mol. The van der Waals surface area contributed by atoms with Crippen molar-refractivity contribution >= 4 is 33.7 Å². The molecule has 3 atom stereocenters. The maximum atomic E-state index is 6.78. The SMILES string of the molecule is Cc1nc2ccc(Oc3ccc4ncc(-c5cnn(C6C[C@H]7CC[C@@H](C6)N7C)c5)nc4c3Cl)cc2[nH]1. The van der Waals surface area contributed by atoms with Gasteiger partial charge in [-0.1, -0.05) is 11.6 Å². The molecule has 9 heteroatoms. The Balaban J connectivity index is 1.18. The molecule has 5 heterocycles. The molecule has 1 unspecified atom stereocenters. The molecule has 2 saturated heterocycles. The fraction of sp³-hybridized carbons (Fsp3) is 0.333. The summed E-state index contributed by atoms with van der Waals surface area (Å²) in [6, 6.07) is 11.2. The van der Waals surface area contributed by atoms with E-state index in [4.69, 9.17) is 26.4 Å². The number of ether oxygens (including phenoxy) is 1. The van der Waals surface area contributed by atoms with Gasteiger partial charge in [0.2, 0.25) is 0 Å². The third kappa shape index (κ3) is 3.63. The number of rotatable bonds is 4. The fourth-order valence-corrected chi connectivity index (χ4v) is 6.06. The summed E-state index contributed by atoms with van der Waals surface area (Å²) in [5, 5.41) is 5.14. The maximum absolute atomic E-state index is 6.78. The predicted molar refractivity (Wildman–Crippen MR) is 140 cm³/mol. The normalized spacial score (nSPS) is 22.0. The van der Waals surface area contributed by atoms with Gasteiger partial charge in [-0.25, -0.2) is 9.97 Å². The molecule has 0 amide bonds. The molecule has 7 rings (SSSR count). The highest BCUT2D eigenvalue weighted by atomic mass is 35.5. The highest BCUT2D eigenvalue weighted by Crippen LogP contribution is 2.40. The lowest BCUT2D eigenvalue weighted by molar-refractivity contribution is 0.131. The highest BCUT2D eigenvalue weighted by Gasteiger charge is 2.39. The quantitative estimate of drug-likeness (QED) is 0.330. The van der Waals surface area contributed by atoms with Crippen molar-refractivity contribution in [2.24, 2.45) is 0 Å². The third-order valence-corrected chi connectivity index (χ3v) is 8.13. The number of fused-ring (bicyclic) bond motifs is 4. The van der Waals surface area contributed by atoms with Crippen molar-refractivity contribution < 1.29 is 4.74 Å². The summed E-state index contributed by atoms with van der Waals surface area (Å²) >= 11 is 6.78. The Labute approximate surface area is 213 Å². The van der Waals surface area contributed by atoms with Gasteiger partial charge >= 0.3 is 0 Å². The van der Waals surface area contributed by atoms with E-state index in [2.05, 4.69) is 37.8 Å². The Morgan fingerprint density at radius 1 is 1.00 bits per heavy atom. The predicted octanol–water partition coefficient (Wildman–Crippen LogP) is 5.92. The van der Waals surface area contributed by atoms with Crippen LogP contribution in [-0.2, 0) is 0 Å². The monoisotopic (exact) mass is 499 g/mol. The summed E-state index contributed by atoms with van der Waals surface area (Å²) < 4.78 is 8.25. The van der Waals surface area contributed by atoms with E-state index < -0.39 is 0 Å². The van der Waals surface area contributed by atoms with Crippen molar-refractivity contribution in [3.63, 3.8) is 0 Å². The number of H-pyrrole nitrogens is 1. The summed E-state index contributed by atoms with van der Waals surface area (Å²) in [6.07, 6.45) is 10.6. The molecule has 2 aliphatic rings. The van der Waals surface area contributed by atoms with Crippen LogP contribution >= 0.6 is 11.6 Å². The molecule has 0 radical (unpaired) electrons. The van der Waals surface area contributed by atoms with Crippen LogP contribution in [-0.4, -0.2) is 53.7 Å². The van der Waals surface area contributed by atoms with Gasteiger partial charge in [-0.2, -0.15) is 5.10 Å². The van der Waals surface area contributed by atoms with Crippen LogP contribution in [0.4, 0.5) is 0 Å². The van der Waals surface area contributed by atoms with Crippen LogP contribution in [0.2, 0.25) is 5.02 Å². The second-order valence-corrected chi connectivity index (χ2v) is 10.4. The summed E-state index contributed by atoms with van der Waals surface area (Å²) in [5.41, 5.74) is 4.83. The standard InChI is InChI=1S/C27H26ClN7O/c1-15-31-21-6-5-20(11-23(21)32-15)36-25-8-7-22-27(26(25)28)33-24(13-29-22)16-12-30-35(14-16)19-9-17-3-4-18(10-19)34(17)2/h5-8,11-14,17-19H,3-4,9-10H2,1-2H3,(H,31,32)/t17-,18+,19?. The molecule has 2 aliphatic heterocycles. The van der Waals surface area contributed by atoms with Gasteiger partial charge in [0.15, 0.2) is 0 Å². The Hall–Kier alpha value is -3.49. The van der Waals surface area contributed by atoms with Crippen LogP contribution in [0.3, 0.4) is 0 Å². The van der Waals surface area contributed by atoms with Gasteiger partial charge in [-0.3, -0.25) is 9.67 Å². The van der Waals surface area contributed by atoms with Crippen LogP contribution in [0.1, 0.15) is 37.5 Å². The van der Waals surface area contributed by atoms with Crippen LogP contribution in [0, 0.1) is 6.92 Å². The number of aromatic nitrogens is 6. The molecule has 2 aromatic carbocycles. The van der Waals surface area contributed by atoms with Crippen LogP contribution in [0.15, 0.2) is 48.9 Å². The van der Waals surface area contributed by atoms with Crippen molar-refractivity contribution in [2.45, 2.75) is 50.7 Å². The summed E-state index contributed by atoms with van der Waals surface area (Å²) in [6.45, 7) is 1.93. The largest absolute Gasteiger partial charge is 0.456 e. The number of benzene rings is 2. The fourth-order valence-electron chi connectivity index (χ4n) is 5.82. The zero-order valence-electron chi connectivity index (χ0n) is 20.1. The minimum Gasteiger partial charge on any atom is -0.456 e. The number of imidazole rings is 1. The van der Waals surface area contributed by atoms with Crippen LogP contribution in [0.5, 0.6) is 11.5 Å². The second-order valence-electron chi connectivity index (χ2n) is 9.99. The lowest BCUT2D eigenvalue weighted by Crippen LogP contribution is -2.40. The first-order valence-corrected chi connectivity index (χ1v) is 12.8. The molecule has 1 N–H and O–H groups in total. The lowest BCUT2D eigenvalue weighted by atomic mass is 9.98. The lowest BCUT2D eigenvalue weighted by Gasteiger charge is -2.36. The van der Waals surface area contributed by atoms with E-state index in [1.54, 1.807) is 6.20 Å².